The molecule has 0 fully saturated rings. The van der Waals surface area contributed by atoms with E-state index >= 15 is 0 Å². The predicted molar refractivity (Wildman–Crippen MR) is 74.7 cm³/mol. The van der Waals surface area contributed by atoms with Gasteiger partial charge in [-0.3, -0.25) is 0 Å². The van der Waals surface area contributed by atoms with Crippen molar-refractivity contribution in [2.45, 2.75) is 27.7 Å². The molecule has 1 aromatic rings. The molecule has 1 rings (SSSR count). The topological polar surface area (TPSA) is 70.1 Å². The number of hydrogen-bond donors (Lipinski definition) is 3. The van der Waals surface area contributed by atoms with Crippen LogP contribution in [0.3, 0.4) is 0 Å². The average Bonchev–Trinajstić information content (AvgIpc) is 2.34. The van der Waals surface area contributed by atoms with E-state index in [2.05, 4.69) is 48.3 Å². The summed E-state index contributed by atoms with van der Waals surface area (Å²) < 4.78 is 0. The quantitative estimate of drug-likeness (QED) is 0.692. The van der Waals surface area contributed by atoms with Gasteiger partial charge in [-0.25, -0.2) is 9.97 Å². The molecular weight excluding hydrogens is 228 g/mol. The molecule has 0 bridgehead atoms. The molecular formula is C13H24N4O. The Kier molecular flexibility index (Phi) is 5.34. The highest BCUT2D eigenvalue weighted by Gasteiger charge is 2.21. The molecule has 0 unspecified atom stereocenters. The van der Waals surface area contributed by atoms with Crippen molar-refractivity contribution < 1.29 is 5.11 Å². The lowest BCUT2D eigenvalue weighted by molar-refractivity contribution is 0.269. The monoisotopic (exact) mass is 252 g/mol. The van der Waals surface area contributed by atoms with Crippen LogP contribution >= 0.6 is 0 Å². The Bertz CT molecular complexity index is 366. The maximum Gasteiger partial charge on any atom is 0.131 e. The normalized spacial score (nSPS) is 11.7. The van der Waals surface area contributed by atoms with Crippen LogP contribution in [0.15, 0.2) is 12.4 Å². The van der Waals surface area contributed by atoms with Crippen LogP contribution in [0, 0.1) is 11.3 Å². The van der Waals surface area contributed by atoms with Crippen molar-refractivity contribution >= 4 is 11.6 Å². The highest BCUT2D eigenvalue weighted by Crippen LogP contribution is 2.26. The summed E-state index contributed by atoms with van der Waals surface area (Å²) in [6, 6.07) is 1.85. The Hall–Kier alpha value is -1.36. The number of aromatic nitrogens is 2. The van der Waals surface area contributed by atoms with Crippen LogP contribution in [0.5, 0.6) is 0 Å². The van der Waals surface area contributed by atoms with Crippen molar-refractivity contribution in [3.05, 3.63) is 12.4 Å². The summed E-state index contributed by atoms with van der Waals surface area (Å²) in [5, 5.41) is 15.1. The molecule has 18 heavy (non-hydrogen) atoms. The Morgan fingerprint density at radius 1 is 1.22 bits per heavy atom. The largest absolute Gasteiger partial charge is 0.395 e. The number of nitrogens with zero attached hydrogens (tertiary/aromatic N) is 2. The number of hydrogen-bond acceptors (Lipinski definition) is 5. The molecule has 0 saturated heterocycles. The van der Waals surface area contributed by atoms with Crippen molar-refractivity contribution in [2.75, 3.05) is 30.3 Å². The van der Waals surface area contributed by atoms with Crippen LogP contribution in [-0.2, 0) is 0 Å². The lowest BCUT2D eigenvalue weighted by Gasteiger charge is -2.29. The van der Waals surface area contributed by atoms with Gasteiger partial charge in [-0.05, 0) is 11.3 Å². The van der Waals surface area contributed by atoms with Gasteiger partial charge in [0.25, 0.3) is 0 Å². The highest BCUT2D eigenvalue weighted by atomic mass is 16.3. The standard InChI is InChI=1S/C13H24N4O/c1-10(2)13(3,4)8-15-12-7-11(14-5-6-18)16-9-17-12/h7,9-10,18H,5-6,8H2,1-4H3,(H2,14,15,16,17). The predicted octanol–water partition coefficient (Wildman–Crippen LogP) is 1.97. The van der Waals surface area contributed by atoms with Crippen molar-refractivity contribution in [1.82, 2.24) is 9.97 Å². The van der Waals surface area contributed by atoms with Gasteiger partial charge in [0.05, 0.1) is 6.61 Å². The number of aliphatic hydroxyl groups excluding tert-OH is 1. The average molecular weight is 252 g/mol. The Balaban J connectivity index is 2.57. The molecule has 0 amide bonds. The number of anilines is 2. The smallest absolute Gasteiger partial charge is 0.131 e. The summed E-state index contributed by atoms with van der Waals surface area (Å²) in [5.74, 6) is 2.13. The van der Waals surface area contributed by atoms with E-state index in [0.717, 1.165) is 18.2 Å². The third-order valence-corrected chi connectivity index (χ3v) is 3.37. The summed E-state index contributed by atoms with van der Waals surface area (Å²) in [6.45, 7) is 10.3. The van der Waals surface area contributed by atoms with E-state index in [1.54, 1.807) is 0 Å². The summed E-state index contributed by atoms with van der Waals surface area (Å²) in [7, 11) is 0. The summed E-state index contributed by atoms with van der Waals surface area (Å²) in [5.41, 5.74) is 0.212. The maximum atomic E-state index is 8.75. The third kappa shape index (κ3) is 4.49. The Labute approximate surface area is 109 Å². The fraction of sp³-hybridized carbons (Fsp3) is 0.692. The molecule has 0 spiro atoms. The van der Waals surface area contributed by atoms with E-state index in [9.17, 15) is 0 Å². The fourth-order valence-corrected chi connectivity index (χ4v) is 1.26. The molecule has 0 radical (unpaired) electrons. The van der Waals surface area contributed by atoms with Gasteiger partial charge < -0.3 is 15.7 Å². The van der Waals surface area contributed by atoms with E-state index in [0.29, 0.717) is 12.5 Å². The summed E-state index contributed by atoms with van der Waals surface area (Å²) in [6.07, 6.45) is 1.52. The minimum Gasteiger partial charge on any atom is -0.395 e. The van der Waals surface area contributed by atoms with Gasteiger partial charge >= 0.3 is 0 Å². The first-order valence-electron chi connectivity index (χ1n) is 6.36. The first kappa shape index (κ1) is 14.7. The summed E-state index contributed by atoms with van der Waals surface area (Å²) in [4.78, 5) is 8.27. The second kappa shape index (κ2) is 6.54. The highest BCUT2D eigenvalue weighted by molar-refractivity contribution is 5.46. The molecule has 0 aliphatic carbocycles. The molecule has 0 atom stereocenters. The SMILES string of the molecule is CC(C)C(C)(C)CNc1cc(NCCO)ncn1. The van der Waals surface area contributed by atoms with Crippen LogP contribution in [0.4, 0.5) is 11.6 Å². The van der Waals surface area contributed by atoms with Gasteiger partial charge in [0.2, 0.25) is 0 Å². The van der Waals surface area contributed by atoms with Crippen molar-refractivity contribution in [2.24, 2.45) is 11.3 Å². The zero-order valence-electron chi connectivity index (χ0n) is 11.7. The maximum absolute atomic E-state index is 8.75. The second-order valence-electron chi connectivity index (χ2n) is 5.44. The molecule has 5 nitrogen and oxygen atoms in total. The minimum absolute atomic E-state index is 0.0904. The minimum atomic E-state index is 0.0904. The van der Waals surface area contributed by atoms with Crippen molar-refractivity contribution in [3.63, 3.8) is 0 Å². The molecule has 102 valence electrons. The van der Waals surface area contributed by atoms with E-state index in [4.69, 9.17) is 5.11 Å². The van der Waals surface area contributed by atoms with Crippen LogP contribution in [0.2, 0.25) is 0 Å². The molecule has 1 heterocycles. The zero-order chi connectivity index (χ0) is 13.6. The first-order chi connectivity index (χ1) is 8.45. The Morgan fingerprint density at radius 2 is 1.83 bits per heavy atom. The molecule has 1 aromatic heterocycles. The van der Waals surface area contributed by atoms with E-state index < -0.39 is 0 Å². The van der Waals surface area contributed by atoms with Crippen molar-refractivity contribution in [1.29, 1.82) is 0 Å². The van der Waals surface area contributed by atoms with E-state index in [-0.39, 0.29) is 12.0 Å². The molecule has 0 aromatic carbocycles. The second-order valence-corrected chi connectivity index (χ2v) is 5.44. The lowest BCUT2D eigenvalue weighted by atomic mass is 9.81. The lowest BCUT2D eigenvalue weighted by Crippen LogP contribution is -2.28. The number of nitrogens with one attached hydrogen (secondary N) is 2. The van der Waals surface area contributed by atoms with Crippen molar-refractivity contribution in [3.8, 4) is 0 Å². The number of aliphatic hydroxyl groups is 1. The first-order valence-corrected chi connectivity index (χ1v) is 6.36. The van der Waals surface area contributed by atoms with Gasteiger partial charge in [0, 0.05) is 19.2 Å². The zero-order valence-corrected chi connectivity index (χ0v) is 11.7. The van der Waals surface area contributed by atoms with Crippen LogP contribution in [0.25, 0.3) is 0 Å². The summed E-state index contributed by atoms with van der Waals surface area (Å²) >= 11 is 0. The van der Waals surface area contributed by atoms with Gasteiger partial charge in [0.1, 0.15) is 18.0 Å². The van der Waals surface area contributed by atoms with Gasteiger partial charge in [-0.2, -0.15) is 0 Å². The molecule has 3 N–H and O–H groups in total. The molecule has 5 heteroatoms. The molecule has 0 aliphatic rings. The van der Waals surface area contributed by atoms with Crippen LogP contribution < -0.4 is 10.6 Å². The number of rotatable bonds is 7. The van der Waals surface area contributed by atoms with Gasteiger partial charge in [0.15, 0.2) is 0 Å². The van der Waals surface area contributed by atoms with Crippen LogP contribution in [-0.4, -0.2) is 34.8 Å². The molecule has 0 aliphatic heterocycles. The van der Waals surface area contributed by atoms with Gasteiger partial charge in [-0.1, -0.05) is 27.7 Å². The van der Waals surface area contributed by atoms with E-state index in [1.165, 1.54) is 6.33 Å². The van der Waals surface area contributed by atoms with Crippen LogP contribution in [0.1, 0.15) is 27.7 Å². The third-order valence-electron chi connectivity index (χ3n) is 3.37. The Morgan fingerprint density at radius 3 is 2.39 bits per heavy atom. The van der Waals surface area contributed by atoms with E-state index in [1.807, 2.05) is 6.07 Å². The fourth-order valence-electron chi connectivity index (χ4n) is 1.26. The van der Waals surface area contributed by atoms with Gasteiger partial charge in [-0.15, -0.1) is 0 Å². The molecule has 0 saturated carbocycles.